The Morgan fingerprint density at radius 1 is 1.09 bits per heavy atom. The topological polar surface area (TPSA) is 56.0 Å². The highest BCUT2D eigenvalue weighted by atomic mass is 19.2. The van der Waals surface area contributed by atoms with Gasteiger partial charge in [-0.25, -0.2) is 22.5 Å². The summed E-state index contributed by atoms with van der Waals surface area (Å²) in [6, 6.07) is 2.98. The molecule has 3 aromatic heterocycles. The molecule has 0 radical (unpaired) electrons. The summed E-state index contributed by atoms with van der Waals surface area (Å²) < 4.78 is 59.0. The number of carbonyl (C=O) groups excluding carboxylic acids is 1. The van der Waals surface area contributed by atoms with Gasteiger partial charge in [0.1, 0.15) is 5.65 Å². The van der Waals surface area contributed by atoms with Gasteiger partial charge in [0, 0.05) is 43.4 Å². The van der Waals surface area contributed by atoms with Crippen molar-refractivity contribution in [2.75, 3.05) is 6.54 Å². The van der Waals surface area contributed by atoms with Crippen LogP contribution in [0, 0.1) is 23.3 Å². The highest BCUT2D eigenvalue weighted by Crippen LogP contribution is 2.37. The van der Waals surface area contributed by atoms with Crippen LogP contribution in [-0.4, -0.2) is 36.7 Å². The Labute approximate surface area is 186 Å². The van der Waals surface area contributed by atoms with Crippen LogP contribution in [0.25, 0.3) is 22.3 Å². The zero-order valence-electron chi connectivity index (χ0n) is 18.0. The summed E-state index contributed by atoms with van der Waals surface area (Å²) in [7, 11) is 3.37. The van der Waals surface area contributed by atoms with Gasteiger partial charge in [0.25, 0.3) is 5.91 Å². The van der Waals surface area contributed by atoms with Crippen LogP contribution in [0.5, 0.6) is 0 Å². The molecular formula is C23H19F4N5O. The molecule has 0 aliphatic carbocycles. The van der Waals surface area contributed by atoms with E-state index < -0.39 is 35.2 Å². The summed E-state index contributed by atoms with van der Waals surface area (Å²) in [4.78, 5) is 19.0. The zero-order valence-corrected chi connectivity index (χ0v) is 18.0. The van der Waals surface area contributed by atoms with Crippen molar-refractivity contribution in [3.63, 3.8) is 0 Å². The SMILES string of the molecule is C[C@H]1c2nn(C)c(-c3cc(F)c(F)c(F)c3)c2CCN1C(=O)c1c(F)cnc2c1ccn2C. The molecule has 1 aliphatic heterocycles. The number of hydrogen-bond donors (Lipinski definition) is 0. The van der Waals surface area contributed by atoms with Crippen LogP contribution in [0.15, 0.2) is 30.6 Å². The fraction of sp³-hybridized carbons (Fsp3) is 0.261. The molecule has 4 heterocycles. The van der Waals surface area contributed by atoms with Crippen molar-refractivity contribution >= 4 is 16.9 Å². The van der Waals surface area contributed by atoms with Crippen molar-refractivity contribution in [2.45, 2.75) is 19.4 Å². The lowest BCUT2D eigenvalue weighted by atomic mass is 9.94. The van der Waals surface area contributed by atoms with Gasteiger partial charge in [-0.2, -0.15) is 5.10 Å². The van der Waals surface area contributed by atoms with Gasteiger partial charge in [-0.3, -0.25) is 9.48 Å². The summed E-state index contributed by atoms with van der Waals surface area (Å²) in [5.74, 6) is -5.32. The molecule has 1 aliphatic rings. The first-order valence-corrected chi connectivity index (χ1v) is 10.3. The normalized spacial score (nSPS) is 15.8. The van der Waals surface area contributed by atoms with Gasteiger partial charge in [-0.15, -0.1) is 0 Å². The standard InChI is InChI=1S/C23H19F4N5O/c1-11-20-14(21(31(3)29-20)12-8-15(24)19(27)16(25)9-12)5-7-32(11)23(33)18-13-4-6-30(2)22(13)28-10-17(18)26/h4,6,8-11H,5,7H2,1-3H3/t11-/m0/s1. The number of amides is 1. The smallest absolute Gasteiger partial charge is 0.258 e. The van der Waals surface area contributed by atoms with E-state index in [-0.39, 0.29) is 17.7 Å². The second-order valence-corrected chi connectivity index (χ2v) is 8.16. The molecule has 0 unspecified atom stereocenters. The fourth-order valence-electron chi connectivity index (χ4n) is 4.62. The van der Waals surface area contributed by atoms with Crippen LogP contribution in [-0.2, 0) is 20.5 Å². The van der Waals surface area contributed by atoms with Crippen LogP contribution in [0.3, 0.4) is 0 Å². The van der Waals surface area contributed by atoms with Gasteiger partial charge in [0.2, 0.25) is 0 Å². The molecular weight excluding hydrogens is 438 g/mol. The third kappa shape index (κ3) is 3.12. The van der Waals surface area contributed by atoms with Crippen molar-refractivity contribution in [1.82, 2.24) is 24.2 Å². The van der Waals surface area contributed by atoms with Crippen LogP contribution in [0.2, 0.25) is 0 Å². The van der Waals surface area contributed by atoms with Crippen LogP contribution < -0.4 is 0 Å². The molecule has 10 heteroatoms. The summed E-state index contributed by atoms with van der Waals surface area (Å²) in [6.45, 7) is 2.01. The largest absolute Gasteiger partial charge is 0.336 e. The molecule has 0 fully saturated rings. The van der Waals surface area contributed by atoms with Crippen molar-refractivity contribution in [3.8, 4) is 11.3 Å². The summed E-state index contributed by atoms with van der Waals surface area (Å²) in [6.07, 6.45) is 3.07. The minimum absolute atomic E-state index is 0.0604. The minimum atomic E-state index is -1.54. The number of fused-ring (bicyclic) bond motifs is 2. The van der Waals surface area contributed by atoms with Crippen molar-refractivity contribution < 1.29 is 22.4 Å². The first-order chi connectivity index (χ1) is 15.7. The molecule has 0 N–H and O–H groups in total. The van der Waals surface area contributed by atoms with E-state index in [9.17, 15) is 22.4 Å². The van der Waals surface area contributed by atoms with Crippen LogP contribution in [0.4, 0.5) is 17.6 Å². The van der Waals surface area contributed by atoms with E-state index in [1.54, 1.807) is 37.8 Å². The third-order valence-corrected chi connectivity index (χ3v) is 6.22. The summed E-state index contributed by atoms with van der Waals surface area (Å²) in [5.41, 5.74) is 2.28. The first-order valence-electron chi connectivity index (χ1n) is 10.3. The molecule has 0 saturated carbocycles. The van der Waals surface area contributed by atoms with Gasteiger partial charge in [0.05, 0.1) is 29.2 Å². The number of nitrogens with zero attached hydrogens (tertiary/aromatic N) is 5. The maximum Gasteiger partial charge on any atom is 0.258 e. The van der Waals surface area contributed by atoms with E-state index >= 15 is 0 Å². The Kier molecular flexibility index (Phi) is 4.77. The number of halogens is 4. The fourth-order valence-corrected chi connectivity index (χ4v) is 4.62. The molecule has 6 nitrogen and oxygen atoms in total. The molecule has 0 spiro atoms. The van der Waals surface area contributed by atoms with Gasteiger partial charge in [-0.1, -0.05) is 0 Å². The van der Waals surface area contributed by atoms with E-state index in [0.717, 1.165) is 18.3 Å². The zero-order chi connectivity index (χ0) is 23.6. The number of hydrogen-bond acceptors (Lipinski definition) is 3. The van der Waals surface area contributed by atoms with Crippen LogP contribution >= 0.6 is 0 Å². The van der Waals surface area contributed by atoms with E-state index in [2.05, 4.69) is 10.1 Å². The average molecular weight is 457 g/mol. The lowest BCUT2D eigenvalue weighted by molar-refractivity contribution is 0.0671. The molecule has 33 heavy (non-hydrogen) atoms. The Bertz CT molecular complexity index is 1420. The highest BCUT2D eigenvalue weighted by molar-refractivity contribution is 6.06. The van der Waals surface area contributed by atoms with Crippen molar-refractivity contribution in [2.24, 2.45) is 14.1 Å². The van der Waals surface area contributed by atoms with Gasteiger partial charge < -0.3 is 9.47 Å². The van der Waals surface area contributed by atoms with Gasteiger partial charge >= 0.3 is 0 Å². The molecule has 1 amide bonds. The predicted molar refractivity (Wildman–Crippen MR) is 112 cm³/mol. The van der Waals surface area contributed by atoms with E-state index in [1.165, 1.54) is 9.58 Å². The Balaban J connectivity index is 1.56. The lowest BCUT2D eigenvalue weighted by Crippen LogP contribution is -2.39. The summed E-state index contributed by atoms with van der Waals surface area (Å²) in [5, 5.41) is 4.90. The molecule has 1 aromatic carbocycles. The van der Waals surface area contributed by atoms with Crippen molar-refractivity contribution in [1.29, 1.82) is 0 Å². The second-order valence-electron chi connectivity index (χ2n) is 8.16. The maximum atomic E-state index is 14.7. The van der Waals surface area contributed by atoms with Crippen LogP contribution in [0.1, 0.15) is 34.6 Å². The number of carbonyl (C=O) groups is 1. The third-order valence-electron chi connectivity index (χ3n) is 6.22. The monoisotopic (exact) mass is 457 g/mol. The molecule has 0 saturated heterocycles. The molecule has 170 valence electrons. The number of benzene rings is 1. The number of pyridine rings is 1. The van der Waals surface area contributed by atoms with E-state index in [1.807, 2.05) is 0 Å². The molecule has 5 rings (SSSR count). The quantitative estimate of drug-likeness (QED) is 0.333. The first kappa shape index (κ1) is 21.2. The Hall–Kier alpha value is -3.69. The highest BCUT2D eigenvalue weighted by Gasteiger charge is 2.35. The predicted octanol–water partition coefficient (Wildman–Crippen LogP) is 4.29. The Morgan fingerprint density at radius 3 is 2.48 bits per heavy atom. The maximum absolute atomic E-state index is 14.7. The molecule has 4 aromatic rings. The second kappa shape index (κ2) is 7.43. The lowest BCUT2D eigenvalue weighted by Gasteiger charge is -2.33. The van der Waals surface area contributed by atoms with E-state index in [4.69, 9.17) is 0 Å². The minimum Gasteiger partial charge on any atom is -0.336 e. The molecule has 0 bridgehead atoms. The number of aryl methyl sites for hydroxylation is 2. The average Bonchev–Trinajstić information content (AvgIpc) is 3.31. The van der Waals surface area contributed by atoms with Gasteiger partial charge in [0.15, 0.2) is 23.3 Å². The number of rotatable bonds is 2. The summed E-state index contributed by atoms with van der Waals surface area (Å²) >= 11 is 0. The molecule has 1 atom stereocenters. The van der Waals surface area contributed by atoms with E-state index in [0.29, 0.717) is 34.4 Å². The number of aromatic nitrogens is 4. The van der Waals surface area contributed by atoms with Gasteiger partial charge in [-0.05, 0) is 31.5 Å². The van der Waals surface area contributed by atoms with Crippen molar-refractivity contribution in [3.05, 3.63) is 70.7 Å². The Morgan fingerprint density at radius 2 is 1.79 bits per heavy atom.